The van der Waals surface area contributed by atoms with Crippen molar-refractivity contribution >= 4 is 23.4 Å². The third-order valence-electron chi connectivity index (χ3n) is 5.01. The van der Waals surface area contributed by atoms with Gasteiger partial charge in [0.25, 0.3) is 0 Å². The molecule has 2 aliphatic rings. The first-order valence-electron chi connectivity index (χ1n) is 9.22. The zero-order valence-electron chi connectivity index (χ0n) is 15.0. The van der Waals surface area contributed by atoms with Crippen LogP contribution in [0.4, 0.5) is 0 Å². The van der Waals surface area contributed by atoms with Gasteiger partial charge >= 0.3 is 0 Å². The van der Waals surface area contributed by atoms with Crippen molar-refractivity contribution in [2.75, 3.05) is 45.9 Å². The van der Waals surface area contributed by atoms with E-state index in [1.807, 2.05) is 29.2 Å². The molecule has 2 fully saturated rings. The minimum Gasteiger partial charge on any atom is -0.378 e. The van der Waals surface area contributed by atoms with Gasteiger partial charge in [-0.15, -0.1) is 0 Å². The number of nitrogens with zero attached hydrogens (tertiary/aromatic N) is 2. The van der Waals surface area contributed by atoms with Crippen molar-refractivity contribution in [3.8, 4) is 0 Å². The maximum atomic E-state index is 12.5. The van der Waals surface area contributed by atoms with Gasteiger partial charge in [0.15, 0.2) is 0 Å². The Labute approximate surface area is 159 Å². The summed E-state index contributed by atoms with van der Waals surface area (Å²) in [5.41, 5.74) is 0.987. The van der Waals surface area contributed by atoms with Crippen molar-refractivity contribution in [2.45, 2.75) is 19.4 Å². The molecule has 1 N–H and O–H groups in total. The average Bonchev–Trinajstić information content (AvgIpc) is 2.67. The van der Waals surface area contributed by atoms with Crippen molar-refractivity contribution in [2.24, 2.45) is 5.92 Å². The van der Waals surface area contributed by atoms with Crippen molar-refractivity contribution < 1.29 is 14.3 Å². The lowest BCUT2D eigenvalue weighted by atomic mass is 9.95. The van der Waals surface area contributed by atoms with Crippen LogP contribution in [-0.2, 0) is 20.9 Å². The van der Waals surface area contributed by atoms with Crippen LogP contribution in [0, 0.1) is 5.92 Å². The summed E-state index contributed by atoms with van der Waals surface area (Å²) in [5, 5.41) is 3.60. The highest BCUT2D eigenvalue weighted by molar-refractivity contribution is 6.30. The van der Waals surface area contributed by atoms with Crippen LogP contribution in [0.5, 0.6) is 0 Å². The largest absolute Gasteiger partial charge is 0.378 e. The van der Waals surface area contributed by atoms with E-state index < -0.39 is 0 Å². The van der Waals surface area contributed by atoms with E-state index in [9.17, 15) is 9.59 Å². The van der Waals surface area contributed by atoms with Gasteiger partial charge in [-0.25, -0.2) is 0 Å². The number of benzene rings is 1. The zero-order chi connectivity index (χ0) is 18.4. The predicted molar refractivity (Wildman–Crippen MR) is 99.9 cm³/mol. The second-order valence-corrected chi connectivity index (χ2v) is 7.33. The highest BCUT2D eigenvalue weighted by Gasteiger charge is 2.29. The third kappa shape index (κ3) is 5.43. The lowest BCUT2D eigenvalue weighted by Gasteiger charge is -2.35. The SMILES string of the molecule is O=C(CN1CCC(C(=O)N2CCOCC2)CC1)NCc1cccc(Cl)c1. The van der Waals surface area contributed by atoms with Crippen molar-refractivity contribution in [3.05, 3.63) is 34.9 Å². The van der Waals surface area contributed by atoms with Gasteiger partial charge in [-0.2, -0.15) is 0 Å². The Balaban J connectivity index is 1.38. The molecule has 0 saturated carbocycles. The van der Waals surface area contributed by atoms with Crippen LogP contribution >= 0.6 is 11.6 Å². The second-order valence-electron chi connectivity index (χ2n) is 6.89. The molecule has 0 atom stereocenters. The molecule has 0 aromatic heterocycles. The average molecular weight is 380 g/mol. The van der Waals surface area contributed by atoms with Crippen LogP contribution < -0.4 is 5.32 Å². The fourth-order valence-corrected chi connectivity index (χ4v) is 3.70. The highest BCUT2D eigenvalue weighted by Crippen LogP contribution is 2.20. The number of piperidine rings is 1. The molecule has 0 aliphatic carbocycles. The maximum Gasteiger partial charge on any atom is 0.234 e. The van der Waals surface area contributed by atoms with E-state index in [1.54, 1.807) is 0 Å². The second kappa shape index (κ2) is 9.35. The molecule has 1 aromatic carbocycles. The van der Waals surface area contributed by atoms with Gasteiger partial charge in [-0.05, 0) is 43.6 Å². The summed E-state index contributed by atoms with van der Waals surface area (Å²) in [5.74, 6) is 0.333. The molecule has 26 heavy (non-hydrogen) atoms. The number of hydrogen-bond acceptors (Lipinski definition) is 4. The van der Waals surface area contributed by atoms with Gasteiger partial charge in [-0.1, -0.05) is 23.7 Å². The van der Waals surface area contributed by atoms with Gasteiger partial charge in [0.2, 0.25) is 11.8 Å². The molecule has 1 aromatic rings. The monoisotopic (exact) mass is 379 g/mol. The molecule has 142 valence electrons. The number of hydrogen-bond donors (Lipinski definition) is 1. The maximum absolute atomic E-state index is 12.5. The number of ether oxygens (including phenoxy) is 1. The zero-order valence-corrected chi connectivity index (χ0v) is 15.7. The quantitative estimate of drug-likeness (QED) is 0.842. The highest BCUT2D eigenvalue weighted by atomic mass is 35.5. The predicted octanol–water partition coefficient (Wildman–Crippen LogP) is 1.53. The lowest BCUT2D eigenvalue weighted by molar-refractivity contribution is -0.141. The molecule has 0 spiro atoms. The van der Waals surface area contributed by atoms with E-state index in [-0.39, 0.29) is 17.7 Å². The summed E-state index contributed by atoms with van der Waals surface area (Å²) >= 11 is 5.95. The van der Waals surface area contributed by atoms with Crippen LogP contribution in [-0.4, -0.2) is 67.6 Å². The molecule has 3 rings (SSSR count). The normalized spacial score (nSPS) is 19.3. The summed E-state index contributed by atoms with van der Waals surface area (Å²) in [6, 6.07) is 7.48. The molecule has 0 radical (unpaired) electrons. The van der Waals surface area contributed by atoms with Crippen molar-refractivity contribution in [3.63, 3.8) is 0 Å². The summed E-state index contributed by atoms with van der Waals surface area (Å²) < 4.78 is 5.31. The lowest BCUT2D eigenvalue weighted by Crippen LogP contribution is -2.48. The number of carbonyl (C=O) groups is 2. The van der Waals surface area contributed by atoms with Gasteiger partial charge in [0, 0.05) is 30.6 Å². The van der Waals surface area contributed by atoms with E-state index >= 15 is 0 Å². The molecule has 0 unspecified atom stereocenters. The topological polar surface area (TPSA) is 61.9 Å². The van der Waals surface area contributed by atoms with E-state index in [2.05, 4.69) is 10.2 Å². The summed E-state index contributed by atoms with van der Waals surface area (Å²) in [7, 11) is 0. The Morgan fingerprint density at radius 3 is 2.58 bits per heavy atom. The van der Waals surface area contributed by atoms with E-state index in [0.29, 0.717) is 44.4 Å². The Bertz CT molecular complexity index is 626. The van der Waals surface area contributed by atoms with Crippen LogP contribution in [0.2, 0.25) is 5.02 Å². The standard InChI is InChI=1S/C19H26ClN3O3/c20-17-3-1-2-15(12-17)13-21-18(24)14-22-6-4-16(5-7-22)19(25)23-8-10-26-11-9-23/h1-3,12,16H,4-11,13-14H2,(H,21,24). The molecule has 0 bridgehead atoms. The molecule has 6 nitrogen and oxygen atoms in total. The van der Waals surface area contributed by atoms with Gasteiger partial charge in [0.1, 0.15) is 0 Å². The summed E-state index contributed by atoms with van der Waals surface area (Å²) in [6.45, 7) is 5.09. The van der Waals surface area contributed by atoms with Gasteiger partial charge in [0.05, 0.1) is 19.8 Å². The fraction of sp³-hybridized carbons (Fsp3) is 0.579. The smallest absolute Gasteiger partial charge is 0.234 e. The Morgan fingerprint density at radius 1 is 1.15 bits per heavy atom. The number of likely N-dealkylation sites (tertiary alicyclic amines) is 1. The minimum atomic E-state index is 0.00271. The number of rotatable bonds is 5. The fourth-order valence-electron chi connectivity index (χ4n) is 3.49. The molecule has 7 heteroatoms. The van der Waals surface area contributed by atoms with E-state index in [0.717, 1.165) is 31.5 Å². The third-order valence-corrected chi connectivity index (χ3v) is 5.24. The van der Waals surface area contributed by atoms with E-state index in [1.165, 1.54) is 0 Å². The van der Waals surface area contributed by atoms with Crippen molar-refractivity contribution in [1.29, 1.82) is 0 Å². The number of halogens is 1. The Kier molecular flexibility index (Phi) is 6.88. The molecule has 2 heterocycles. The molecular weight excluding hydrogens is 354 g/mol. The first-order chi connectivity index (χ1) is 12.6. The van der Waals surface area contributed by atoms with Crippen LogP contribution in [0.15, 0.2) is 24.3 Å². The molecule has 2 amide bonds. The van der Waals surface area contributed by atoms with Crippen LogP contribution in [0.25, 0.3) is 0 Å². The first-order valence-corrected chi connectivity index (χ1v) is 9.59. The Hall–Kier alpha value is -1.63. The van der Waals surface area contributed by atoms with E-state index in [4.69, 9.17) is 16.3 Å². The summed E-state index contributed by atoms with van der Waals surface area (Å²) in [4.78, 5) is 28.7. The number of morpholine rings is 1. The molecule has 2 saturated heterocycles. The number of nitrogens with one attached hydrogen (secondary N) is 1. The van der Waals surface area contributed by atoms with Crippen LogP contribution in [0.1, 0.15) is 18.4 Å². The minimum absolute atomic E-state index is 0.00271. The van der Waals surface area contributed by atoms with Crippen molar-refractivity contribution in [1.82, 2.24) is 15.1 Å². The first kappa shape index (κ1) is 19.1. The van der Waals surface area contributed by atoms with Gasteiger partial charge < -0.3 is 15.0 Å². The number of amides is 2. The number of carbonyl (C=O) groups excluding carboxylic acids is 2. The van der Waals surface area contributed by atoms with Gasteiger partial charge in [-0.3, -0.25) is 14.5 Å². The molecule has 2 aliphatic heterocycles. The molecular formula is C19H26ClN3O3. The summed E-state index contributed by atoms with van der Waals surface area (Å²) in [6.07, 6.45) is 1.63. The van der Waals surface area contributed by atoms with Crippen LogP contribution in [0.3, 0.4) is 0 Å². The Morgan fingerprint density at radius 2 is 1.88 bits per heavy atom.